The van der Waals surface area contributed by atoms with E-state index in [-0.39, 0.29) is 6.10 Å². The van der Waals surface area contributed by atoms with Gasteiger partial charge in [-0.2, -0.15) is 5.10 Å². The number of anilines is 1. The highest BCUT2D eigenvalue weighted by molar-refractivity contribution is 6.30. The van der Waals surface area contributed by atoms with Crippen LogP contribution in [-0.2, 0) is 0 Å². The van der Waals surface area contributed by atoms with Crippen molar-refractivity contribution in [3.63, 3.8) is 0 Å². The number of rotatable bonds is 6. The van der Waals surface area contributed by atoms with Crippen LogP contribution in [0.2, 0.25) is 5.02 Å². The van der Waals surface area contributed by atoms with Crippen molar-refractivity contribution < 1.29 is 9.47 Å². The molecular formula is C17H19ClN2O2. The third kappa shape index (κ3) is 4.67. The zero-order valence-electron chi connectivity index (χ0n) is 12.8. The molecule has 0 aliphatic rings. The zero-order chi connectivity index (χ0) is 15.9. The normalized spacial score (nSPS) is 11.0. The third-order valence-corrected chi connectivity index (χ3v) is 3.02. The number of hydrogen-bond donors (Lipinski definition) is 1. The maximum absolute atomic E-state index is 5.92. The van der Waals surface area contributed by atoms with Crippen LogP contribution in [0.15, 0.2) is 47.6 Å². The highest BCUT2D eigenvalue weighted by Crippen LogP contribution is 2.28. The van der Waals surface area contributed by atoms with E-state index < -0.39 is 0 Å². The smallest absolute Gasteiger partial charge is 0.161 e. The van der Waals surface area contributed by atoms with Gasteiger partial charge in [0.15, 0.2) is 11.5 Å². The van der Waals surface area contributed by atoms with Gasteiger partial charge in [-0.05, 0) is 55.8 Å². The maximum Gasteiger partial charge on any atom is 0.161 e. The molecular weight excluding hydrogens is 300 g/mol. The molecule has 22 heavy (non-hydrogen) atoms. The number of nitrogens with zero attached hydrogens (tertiary/aromatic N) is 1. The van der Waals surface area contributed by atoms with E-state index in [1.54, 1.807) is 19.4 Å². The standard InChI is InChI=1S/C17H19ClN2O2/c1-12(2)22-16-8-7-13(9-17(16)21-3)11-19-20-15-6-4-5-14(18)10-15/h4-12,20H,1-3H3. The quantitative estimate of drug-likeness (QED) is 0.626. The van der Waals surface area contributed by atoms with Crippen LogP contribution >= 0.6 is 11.6 Å². The summed E-state index contributed by atoms with van der Waals surface area (Å²) in [5.74, 6) is 1.40. The summed E-state index contributed by atoms with van der Waals surface area (Å²) in [6.07, 6.45) is 1.81. The first kappa shape index (κ1) is 16.2. The van der Waals surface area contributed by atoms with E-state index in [0.29, 0.717) is 10.8 Å². The van der Waals surface area contributed by atoms with Crippen molar-refractivity contribution in [3.05, 3.63) is 53.1 Å². The third-order valence-electron chi connectivity index (χ3n) is 2.78. The molecule has 0 radical (unpaired) electrons. The maximum atomic E-state index is 5.92. The predicted octanol–water partition coefficient (Wildman–Crippen LogP) is 4.58. The summed E-state index contributed by atoms with van der Waals surface area (Å²) in [5, 5.41) is 4.85. The summed E-state index contributed by atoms with van der Waals surface area (Å²) < 4.78 is 11.0. The Morgan fingerprint density at radius 3 is 2.64 bits per heavy atom. The van der Waals surface area contributed by atoms with Crippen molar-refractivity contribution in [2.24, 2.45) is 5.10 Å². The number of nitrogens with one attached hydrogen (secondary N) is 1. The number of benzene rings is 2. The van der Waals surface area contributed by atoms with Crippen LogP contribution in [0.4, 0.5) is 5.69 Å². The number of halogens is 1. The average molecular weight is 319 g/mol. The minimum Gasteiger partial charge on any atom is -0.493 e. The van der Waals surface area contributed by atoms with Gasteiger partial charge in [-0.1, -0.05) is 17.7 Å². The minimum atomic E-state index is 0.0953. The molecule has 2 aromatic carbocycles. The van der Waals surface area contributed by atoms with Gasteiger partial charge >= 0.3 is 0 Å². The average Bonchev–Trinajstić information content (AvgIpc) is 2.48. The van der Waals surface area contributed by atoms with E-state index in [4.69, 9.17) is 21.1 Å². The number of ether oxygens (including phenoxy) is 2. The molecule has 4 nitrogen and oxygen atoms in total. The molecule has 2 rings (SSSR count). The molecule has 2 aromatic rings. The molecule has 0 aliphatic heterocycles. The molecule has 0 fully saturated rings. The summed E-state index contributed by atoms with van der Waals surface area (Å²) in [6, 6.07) is 13.0. The summed E-state index contributed by atoms with van der Waals surface area (Å²) in [4.78, 5) is 0. The summed E-state index contributed by atoms with van der Waals surface area (Å²) in [6.45, 7) is 3.95. The van der Waals surface area contributed by atoms with Crippen LogP contribution in [0.25, 0.3) is 0 Å². The van der Waals surface area contributed by atoms with Crippen molar-refractivity contribution in [1.82, 2.24) is 0 Å². The summed E-state index contributed by atoms with van der Waals surface area (Å²) >= 11 is 5.92. The molecule has 0 atom stereocenters. The monoisotopic (exact) mass is 318 g/mol. The van der Waals surface area contributed by atoms with Gasteiger partial charge in [0.25, 0.3) is 0 Å². The van der Waals surface area contributed by atoms with Crippen LogP contribution < -0.4 is 14.9 Å². The lowest BCUT2D eigenvalue weighted by Gasteiger charge is -2.13. The largest absolute Gasteiger partial charge is 0.493 e. The van der Waals surface area contributed by atoms with Gasteiger partial charge in [0, 0.05) is 5.02 Å². The molecule has 0 heterocycles. The Morgan fingerprint density at radius 1 is 1.14 bits per heavy atom. The number of methoxy groups -OCH3 is 1. The van der Waals surface area contributed by atoms with Gasteiger partial charge in [-0.15, -0.1) is 0 Å². The molecule has 0 saturated heterocycles. The minimum absolute atomic E-state index is 0.0953. The molecule has 0 bridgehead atoms. The van der Waals surface area contributed by atoms with Crippen LogP contribution in [0.3, 0.4) is 0 Å². The Labute approximate surface area is 135 Å². The number of hydrogen-bond acceptors (Lipinski definition) is 4. The summed E-state index contributed by atoms with van der Waals surface area (Å²) in [5.41, 5.74) is 4.67. The fourth-order valence-corrected chi connectivity index (χ4v) is 2.05. The second-order valence-corrected chi connectivity index (χ2v) is 5.39. The fraction of sp³-hybridized carbons (Fsp3) is 0.235. The molecule has 5 heteroatoms. The van der Waals surface area contributed by atoms with Gasteiger partial charge in [0.2, 0.25) is 0 Å². The molecule has 0 saturated carbocycles. The van der Waals surface area contributed by atoms with E-state index in [1.165, 1.54) is 0 Å². The van der Waals surface area contributed by atoms with Crippen molar-refractivity contribution in [2.45, 2.75) is 20.0 Å². The van der Waals surface area contributed by atoms with Crippen molar-refractivity contribution in [2.75, 3.05) is 12.5 Å². The Balaban J connectivity index is 2.07. The van der Waals surface area contributed by atoms with E-state index in [1.807, 2.05) is 50.2 Å². The Morgan fingerprint density at radius 2 is 1.95 bits per heavy atom. The van der Waals surface area contributed by atoms with E-state index in [9.17, 15) is 0 Å². The molecule has 1 N–H and O–H groups in total. The Hall–Kier alpha value is -2.20. The van der Waals surface area contributed by atoms with Crippen LogP contribution in [0.1, 0.15) is 19.4 Å². The highest BCUT2D eigenvalue weighted by Gasteiger charge is 2.06. The second-order valence-electron chi connectivity index (χ2n) is 4.96. The van der Waals surface area contributed by atoms with Crippen LogP contribution in [0.5, 0.6) is 11.5 Å². The van der Waals surface area contributed by atoms with Crippen LogP contribution in [-0.4, -0.2) is 19.4 Å². The Kier molecular flexibility index (Phi) is 5.67. The van der Waals surface area contributed by atoms with Gasteiger partial charge in [0.1, 0.15) is 0 Å². The van der Waals surface area contributed by atoms with Crippen molar-refractivity contribution in [3.8, 4) is 11.5 Å². The molecule has 0 unspecified atom stereocenters. The van der Waals surface area contributed by atoms with Crippen LogP contribution in [0, 0.1) is 0 Å². The topological polar surface area (TPSA) is 42.8 Å². The lowest BCUT2D eigenvalue weighted by Crippen LogP contribution is -2.06. The SMILES string of the molecule is COc1cc(C=NNc2cccc(Cl)c2)ccc1OC(C)C. The van der Waals surface area contributed by atoms with E-state index in [2.05, 4.69) is 10.5 Å². The molecule has 0 amide bonds. The van der Waals surface area contributed by atoms with Gasteiger partial charge in [-0.3, -0.25) is 5.43 Å². The Bertz CT molecular complexity index is 657. The van der Waals surface area contributed by atoms with E-state index in [0.717, 1.165) is 17.0 Å². The van der Waals surface area contributed by atoms with Crippen molar-refractivity contribution >= 4 is 23.5 Å². The first-order chi connectivity index (χ1) is 10.6. The molecule has 0 aliphatic carbocycles. The van der Waals surface area contributed by atoms with Gasteiger partial charge in [0.05, 0.1) is 25.1 Å². The first-order valence-electron chi connectivity index (χ1n) is 6.98. The highest BCUT2D eigenvalue weighted by atomic mass is 35.5. The second kappa shape index (κ2) is 7.71. The number of hydrazone groups is 1. The first-order valence-corrected chi connectivity index (χ1v) is 7.35. The molecule has 116 valence electrons. The van der Waals surface area contributed by atoms with Gasteiger partial charge < -0.3 is 9.47 Å². The van der Waals surface area contributed by atoms with Gasteiger partial charge in [-0.25, -0.2) is 0 Å². The lowest BCUT2D eigenvalue weighted by atomic mass is 10.2. The lowest BCUT2D eigenvalue weighted by molar-refractivity contribution is 0.230. The van der Waals surface area contributed by atoms with E-state index >= 15 is 0 Å². The van der Waals surface area contributed by atoms with Crippen molar-refractivity contribution in [1.29, 1.82) is 0 Å². The molecule has 0 aromatic heterocycles. The summed E-state index contributed by atoms with van der Waals surface area (Å²) in [7, 11) is 1.62. The fourth-order valence-electron chi connectivity index (χ4n) is 1.86. The predicted molar refractivity (Wildman–Crippen MR) is 91.4 cm³/mol. The molecule has 0 spiro atoms. The zero-order valence-corrected chi connectivity index (χ0v) is 13.6.